The smallest absolute Gasteiger partial charge is 0.333 e. The summed E-state index contributed by atoms with van der Waals surface area (Å²) >= 11 is 3.84. The lowest BCUT2D eigenvalue weighted by Gasteiger charge is -2.42. The minimum atomic E-state index is -0.0678. The molecule has 0 atom stereocenters. The number of nitrogens with zero attached hydrogens (tertiary/aromatic N) is 2. The molecule has 2 aliphatic rings. The summed E-state index contributed by atoms with van der Waals surface area (Å²) in [5, 5.41) is 10.1. The van der Waals surface area contributed by atoms with Crippen molar-refractivity contribution < 1.29 is 4.42 Å². The minimum Gasteiger partial charge on any atom is -0.456 e. The van der Waals surface area contributed by atoms with E-state index in [0.717, 1.165) is 21.9 Å². The molecule has 0 N–H and O–H groups in total. The summed E-state index contributed by atoms with van der Waals surface area (Å²) in [6.07, 6.45) is 0. The number of benzene rings is 8. The van der Waals surface area contributed by atoms with Gasteiger partial charge in [-0.2, -0.15) is 0 Å². The van der Waals surface area contributed by atoms with Gasteiger partial charge in [-0.3, -0.25) is 0 Å². The number of furan rings is 1. The summed E-state index contributed by atoms with van der Waals surface area (Å²) in [5.41, 5.74) is 16.2. The monoisotopic (exact) mass is 832 g/mol. The van der Waals surface area contributed by atoms with E-state index in [4.69, 9.17) is 4.42 Å². The van der Waals surface area contributed by atoms with Crippen LogP contribution in [0.5, 0.6) is 0 Å². The molecule has 0 amide bonds. The number of thiophene rings is 2. The molecule has 0 fully saturated rings. The first-order valence-corrected chi connectivity index (χ1v) is 23.4. The highest BCUT2D eigenvalue weighted by molar-refractivity contribution is 7.26. The van der Waals surface area contributed by atoms with Gasteiger partial charge in [-0.25, -0.2) is 0 Å². The Morgan fingerprint density at radius 3 is 1.94 bits per heavy atom. The lowest BCUT2D eigenvalue weighted by molar-refractivity contribution is 0.590. The second kappa shape index (κ2) is 11.8. The van der Waals surface area contributed by atoms with Crippen molar-refractivity contribution >= 4 is 136 Å². The zero-order valence-corrected chi connectivity index (χ0v) is 37.1. The highest BCUT2D eigenvalue weighted by atomic mass is 32.1. The minimum absolute atomic E-state index is 0.0421. The predicted octanol–water partition coefficient (Wildman–Crippen LogP) is 15.3. The van der Waals surface area contributed by atoms with Crippen molar-refractivity contribution in [1.29, 1.82) is 0 Å². The quantitative estimate of drug-likeness (QED) is 0.154. The van der Waals surface area contributed by atoms with Crippen LogP contribution in [0.25, 0.3) is 101 Å². The molecule has 0 saturated heterocycles. The van der Waals surface area contributed by atoms with Crippen molar-refractivity contribution in [3.05, 3.63) is 151 Å². The van der Waals surface area contributed by atoms with Gasteiger partial charge in [0.05, 0.1) is 11.0 Å². The molecule has 8 aromatic carbocycles. The molecular formula is C56H41BN2OS2. The highest BCUT2D eigenvalue weighted by Crippen LogP contribution is 2.50. The SMILES string of the molecule is CC(C)(C)c1ccc(N2B3c4cc5sc6ccccc6c5cc4-n4c5cc6c(cc5c5ccc(c3c54)-c3cc4sc5cc(C(C)(C)C)ccc5c4cc32)oc2ccccc26)cc1. The summed E-state index contributed by atoms with van der Waals surface area (Å²) < 4.78 is 14.5. The van der Waals surface area contributed by atoms with Crippen molar-refractivity contribution in [3.8, 4) is 16.8 Å². The van der Waals surface area contributed by atoms with Gasteiger partial charge in [-0.1, -0.05) is 114 Å². The second-order valence-electron chi connectivity index (χ2n) is 19.7. The second-order valence-corrected chi connectivity index (χ2v) is 21.9. The fourth-order valence-corrected chi connectivity index (χ4v) is 13.3. The number of anilines is 2. The fraction of sp³-hybridized carbons (Fsp3) is 0.143. The molecule has 0 radical (unpaired) electrons. The Labute approximate surface area is 367 Å². The van der Waals surface area contributed by atoms with E-state index in [1.54, 1.807) is 0 Å². The fourth-order valence-electron chi connectivity index (χ4n) is 11.0. The Hall–Kier alpha value is -6.34. The van der Waals surface area contributed by atoms with Crippen molar-refractivity contribution in [3.63, 3.8) is 0 Å². The normalized spacial score (nSPS) is 13.9. The molecule has 6 heteroatoms. The number of hydrogen-bond acceptors (Lipinski definition) is 4. The zero-order valence-electron chi connectivity index (χ0n) is 35.5. The summed E-state index contributed by atoms with van der Waals surface area (Å²) in [4.78, 5) is 2.69. The molecule has 62 heavy (non-hydrogen) atoms. The number of fused-ring (bicyclic) bond motifs is 17. The topological polar surface area (TPSA) is 21.3 Å². The Balaban J connectivity index is 1.15. The molecule has 0 aliphatic carbocycles. The predicted molar refractivity (Wildman–Crippen MR) is 270 cm³/mol. The van der Waals surface area contributed by atoms with E-state index < -0.39 is 0 Å². The summed E-state index contributed by atoms with van der Waals surface area (Å²) in [5.74, 6) is 0. The van der Waals surface area contributed by atoms with Gasteiger partial charge in [0.1, 0.15) is 11.2 Å². The van der Waals surface area contributed by atoms with Crippen LogP contribution in [0.4, 0.5) is 11.4 Å². The molecule has 296 valence electrons. The van der Waals surface area contributed by atoms with Crippen molar-refractivity contribution in [2.75, 3.05) is 4.81 Å². The maximum Gasteiger partial charge on any atom is 0.333 e. The van der Waals surface area contributed by atoms with Gasteiger partial charge in [-0.15, -0.1) is 22.7 Å². The third kappa shape index (κ3) is 4.61. The zero-order chi connectivity index (χ0) is 41.6. The molecule has 3 nitrogen and oxygen atoms in total. The van der Waals surface area contributed by atoms with E-state index in [-0.39, 0.29) is 17.7 Å². The van der Waals surface area contributed by atoms with Crippen molar-refractivity contribution in [2.24, 2.45) is 0 Å². The lowest BCUT2D eigenvalue weighted by atomic mass is 9.44. The molecule has 12 aromatic rings. The average Bonchev–Trinajstić information content (AvgIpc) is 4.01. The Kier molecular flexibility index (Phi) is 6.70. The summed E-state index contributed by atoms with van der Waals surface area (Å²) in [6, 6.07) is 53.6. The van der Waals surface area contributed by atoms with Gasteiger partial charge >= 0.3 is 6.85 Å². The van der Waals surface area contributed by atoms with Crippen molar-refractivity contribution in [1.82, 2.24) is 4.57 Å². The van der Waals surface area contributed by atoms with Gasteiger partial charge in [0.2, 0.25) is 0 Å². The first-order chi connectivity index (χ1) is 30.0. The van der Waals surface area contributed by atoms with E-state index in [9.17, 15) is 0 Å². The van der Waals surface area contributed by atoms with E-state index in [2.05, 4.69) is 190 Å². The highest BCUT2D eigenvalue weighted by Gasteiger charge is 2.44. The molecule has 0 unspecified atom stereocenters. The molecule has 4 aromatic heterocycles. The molecule has 6 heterocycles. The Morgan fingerprint density at radius 1 is 0.468 bits per heavy atom. The van der Waals surface area contributed by atoms with Gasteiger partial charge in [0, 0.05) is 84.5 Å². The summed E-state index contributed by atoms with van der Waals surface area (Å²) in [6.45, 7) is 13.8. The molecule has 2 aliphatic heterocycles. The standard InChI is InChI=1S/C56H41BN2OS2/c1-55(2,3)30-15-18-32(19-16-30)59-45-25-41-35-20-17-31(56(4,5)6)23-50(35)62-51(41)28-39(45)36-21-22-37-38-27-48-40(33-11-7-9-13-47(33)60-48)24-44(38)58-46-26-42-34-12-8-10-14-49(34)61-52(42)29-43(46)57(59)53(36)54(37)58/h7-29H,1-6H3. The third-order valence-electron chi connectivity index (χ3n) is 14.1. The van der Waals surface area contributed by atoms with Gasteiger partial charge < -0.3 is 13.8 Å². The molecule has 0 saturated carbocycles. The van der Waals surface area contributed by atoms with Gasteiger partial charge in [0.15, 0.2) is 0 Å². The van der Waals surface area contributed by atoms with E-state index in [0.29, 0.717) is 0 Å². The molecule has 0 spiro atoms. The van der Waals surface area contributed by atoms with Gasteiger partial charge in [0.25, 0.3) is 0 Å². The third-order valence-corrected chi connectivity index (χ3v) is 16.3. The largest absolute Gasteiger partial charge is 0.456 e. The van der Waals surface area contributed by atoms with Crippen LogP contribution in [0.2, 0.25) is 0 Å². The Morgan fingerprint density at radius 2 is 1.13 bits per heavy atom. The van der Waals surface area contributed by atoms with Crippen LogP contribution in [0.3, 0.4) is 0 Å². The van der Waals surface area contributed by atoms with Crippen LogP contribution in [-0.4, -0.2) is 11.4 Å². The Bertz CT molecular complexity index is 3960. The molecule has 14 rings (SSSR count). The number of aromatic nitrogens is 1. The van der Waals surface area contributed by atoms with Crippen LogP contribution >= 0.6 is 22.7 Å². The molecular weight excluding hydrogens is 792 g/mol. The lowest BCUT2D eigenvalue weighted by Crippen LogP contribution is -2.60. The summed E-state index contributed by atoms with van der Waals surface area (Å²) in [7, 11) is 0. The van der Waals surface area contributed by atoms with Crippen LogP contribution in [-0.2, 0) is 10.8 Å². The number of hydrogen-bond donors (Lipinski definition) is 0. The van der Waals surface area contributed by atoms with E-state index in [1.165, 1.54) is 112 Å². The maximum absolute atomic E-state index is 6.57. The van der Waals surface area contributed by atoms with Crippen LogP contribution in [0, 0.1) is 0 Å². The van der Waals surface area contributed by atoms with Crippen LogP contribution in [0.1, 0.15) is 52.7 Å². The van der Waals surface area contributed by atoms with E-state index in [1.807, 2.05) is 22.7 Å². The first kappa shape index (κ1) is 35.3. The molecule has 0 bridgehead atoms. The van der Waals surface area contributed by atoms with Crippen molar-refractivity contribution in [2.45, 2.75) is 52.4 Å². The van der Waals surface area contributed by atoms with Crippen LogP contribution in [0.15, 0.2) is 144 Å². The van der Waals surface area contributed by atoms with E-state index >= 15 is 0 Å². The number of rotatable bonds is 1. The first-order valence-electron chi connectivity index (χ1n) is 21.8. The van der Waals surface area contributed by atoms with Crippen LogP contribution < -0.4 is 15.7 Å². The maximum atomic E-state index is 6.57. The van der Waals surface area contributed by atoms with Gasteiger partial charge in [-0.05, 0) is 105 Å². The average molecular weight is 833 g/mol. The number of para-hydroxylation sites is 1.